The maximum absolute atomic E-state index is 15.1. The minimum Gasteiger partial charge on any atom is -0.456 e. The lowest BCUT2D eigenvalue weighted by Crippen LogP contribution is -2.35. The van der Waals surface area contributed by atoms with E-state index in [4.69, 9.17) is 9.47 Å². The van der Waals surface area contributed by atoms with E-state index in [0.29, 0.717) is 17.8 Å². The lowest BCUT2D eigenvalue weighted by atomic mass is 10.0. The highest BCUT2D eigenvalue weighted by molar-refractivity contribution is 6.09. The molecule has 0 bridgehead atoms. The Morgan fingerprint density at radius 2 is 1.43 bits per heavy atom. The first-order chi connectivity index (χ1) is 22.8. The van der Waals surface area contributed by atoms with Crippen LogP contribution in [-0.2, 0) is 25.6 Å². The van der Waals surface area contributed by atoms with E-state index >= 15 is 4.39 Å². The van der Waals surface area contributed by atoms with Gasteiger partial charge in [-0.15, -0.1) is 0 Å². The number of halogens is 1. The monoisotopic (exact) mass is 678 g/mol. The van der Waals surface area contributed by atoms with Crippen LogP contribution in [0.15, 0.2) is 66.7 Å². The third-order valence-electron chi connectivity index (χ3n) is 6.98. The maximum atomic E-state index is 15.1. The highest BCUT2D eigenvalue weighted by Gasteiger charge is 2.25. The van der Waals surface area contributed by atoms with E-state index < -0.39 is 53.4 Å². The Morgan fingerprint density at radius 3 is 2.02 bits per heavy atom. The van der Waals surface area contributed by atoms with Crippen molar-refractivity contribution in [2.24, 2.45) is 0 Å². The minimum atomic E-state index is -1.29. The first-order valence-corrected chi connectivity index (χ1v) is 15.9. The van der Waals surface area contributed by atoms with Crippen LogP contribution in [0, 0.1) is 5.82 Å². The molecule has 1 atom stereocenters. The highest BCUT2D eigenvalue weighted by Crippen LogP contribution is 2.36. The first kappa shape index (κ1) is 38.5. The molecule has 12 heteroatoms. The summed E-state index contributed by atoms with van der Waals surface area (Å²) in [5.74, 6) is -2.49. The van der Waals surface area contributed by atoms with Gasteiger partial charge in [-0.1, -0.05) is 30.3 Å². The number of esters is 1. The van der Waals surface area contributed by atoms with E-state index in [1.165, 1.54) is 42.3 Å². The number of nitrogens with one attached hydrogen (secondary N) is 2. The predicted molar refractivity (Wildman–Crippen MR) is 187 cm³/mol. The van der Waals surface area contributed by atoms with Crippen molar-refractivity contribution in [3.05, 3.63) is 89.2 Å². The quantitative estimate of drug-likeness (QED) is 0.143. The smallest absolute Gasteiger partial charge is 0.410 e. The third kappa shape index (κ3) is 12.5. The summed E-state index contributed by atoms with van der Waals surface area (Å²) in [5, 5.41) is 16.6. The molecule has 0 aromatic heterocycles. The van der Waals surface area contributed by atoms with Crippen molar-refractivity contribution < 1.29 is 38.1 Å². The molecule has 264 valence electrons. The van der Waals surface area contributed by atoms with Gasteiger partial charge < -0.3 is 35.0 Å². The Kier molecular flexibility index (Phi) is 12.9. The standard InChI is InChI=1S/C37H47FN4O7/c1-36(2,3)48-34(46)25-14-16-27(17-15-25)39-31(44)22-32(45)40-33-28(30(43)18-19-41(7)35(47)49-37(4,5)6)20-26(38)21-29(33)42(8)23-24-12-10-9-11-13-24/h9-17,20-21,30,43H,18-19,22-23H2,1-8H3,(H,39,44)(H,40,45). The molecular formula is C37H47FN4O7. The molecule has 0 aliphatic heterocycles. The Labute approximate surface area is 287 Å². The second-order valence-electron chi connectivity index (χ2n) is 13.8. The molecule has 0 spiro atoms. The van der Waals surface area contributed by atoms with Gasteiger partial charge in [-0.05, 0) is 89.9 Å². The van der Waals surface area contributed by atoms with Crippen LogP contribution in [0.4, 0.5) is 26.2 Å². The number of benzene rings is 3. The van der Waals surface area contributed by atoms with Gasteiger partial charge in [0.25, 0.3) is 0 Å². The molecule has 3 rings (SSSR count). The van der Waals surface area contributed by atoms with E-state index in [2.05, 4.69) is 10.6 Å². The molecule has 3 N–H and O–H groups in total. The molecule has 0 heterocycles. The van der Waals surface area contributed by atoms with Gasteiger partial charge in [0.2, 0.25) is 11.8 Å². The molecule has 49 heavy (non-hydrogen) atoms. The van der Waals surface area contributed by atoms with Crippen LogP contribution in [0.1, 0.15) is 82.0 Å². The van der Waals surface area contributed by atoms with Gasteiger partial charge in [-0.25, -0.2) is 14.0 Å². The molecule has 11 nitrogen and oxygen atoms in total. The molecule has 0 radical (unpaired) electrons. The highest BCUT2D eigenvalue weighted by atomic mass is 19.1. The topological polar surface area (TPSA) is 138 Å². The van der Waals surface area contributed by atoms with Crippen LogP contribution < -0.4 is 15.5 Å². The van der Waals surface area contributed by atoms with Crippen LogP contribution in [0.25, 0.3) is 0 Å². The summed E-state index contributed by atoms with van der Waals surface area (Å²) in [4.78, 5) is 53.9. The fourth-order valence-corrected chi connectivity index (χ4v) is 4.72. The molecule has 0 aliphatic rings. The zero-order chi connectivity index (χ0) is 36.5. The number of aliphatic hydroxyl groups excluding tert-OH is 1. The number of hydrogen-bond acceptors (Lipinski definition) is 8. The van der Waals surface area contributed by atoms with Crippen molar-refractivity contribution in [2.75, 3.05) is 36.2 Å². The molecule has 3 aromatic rings. The summed E-state index contributed by atoms with van der Waals surface area (Å²) in [5.41, 5.74) is 0.709. The van der Waals surface area contributed by atoms with Gasteiger partial charge >= 0.3 is 12.1 Å². The molecule has 0 fully saturated rings. The number of carbonyl (C=O) groups excluding carboxylic acids is 4. The fourth-order valence-electron chi connectivity index (χ4n) is 4.72. The molecule has 0 aliphatic carbocycles. The predicted octanol–water partition coefficient (Wildman–Crippen LogP) is 6.68. The number of anilines is 3. The summed E-state index contributed by atoms with van der Waals surface area (Å²) in [6.07, 6.45) is -2.47. The second-order valence-corrected chi connectivity index (χ2v) is 13.8. The van der Waals surface area contributed by atoms with Crippen molar-refractivity contribution in [1.29, 1.82) is 0 Å². The van der Waals surface area contributed by atoms with Gasteiger partial charge in [0, 0.05) is 38.4 Å². The normalized spacial score (nSPS) is 12.0. The van der Waals surface area contributed by atoms with Crippen molar-refractivity contribution >= 4 is 40.9 Å². The number of rotatable bonds is 12. The van der Waals surface area contributed by atoms with E-state index in [9.17, 15) is 24.3 Å². The second kappa shape index (κ2) is 16.4. The van der Waals surface area contributed by atoms with Gasteiger partial charge in [-0.3, -0.25) is 9.59 Å². The van der Waals surface area contributed by atoms with Crippen LogP contribution in [-0.4, -0.2) is 65.7 Å². The van der Waals surface area contributed by atoms with Crippen molar-refractivity contribution in [2.45, 2.75) is 78.2 Å². The maximum Gasteiger partial charge on any atom is 0.410 e. The zero-order valence-electron chi connectivity index (χ0n) is 29.4. The van der Waals surface area contributed by atoms with E-state index in [1.54, 1.807) is 53.5 Å². The van der Waals surface area contributed by atoms with Crippen molar-refractivity contribution in [3.8, 4) is 0 Å². The van der Waals surface area contributed by atoms with Crippen LogP contribution in [0.3, 0.4) is 0 Å². The number of aliphatic hydroxyl groups is 1. The average Bonchev–Trinajstić information content (AvgIpc) is 2.99. The summed E-state index contributed by atoms with van der Waals surface area (Å²) < 4.78 is 25.8. The third-order valence-corrected chi connectivity index (χ3v) is 6.98. The molecular weight excluding hydrogens is 631 g/mol. The largest absolute Gasteiger partial charge is 0.456 e. The van der Waals surface area contributed by atoms with Gasteiger partial charge in [0.1, 0.15) is 23.4 Å². The molecule has 3 aromatic carbocycles. The zero-order valence-corrected chi connectivity index (χ0v) is 29.4. The lowest BCUT2D eigenvalue weighted by Gasteiger charge is -2.28. The van der Waals surface area contributed by atoms with E-state index in [-0.39, 0.29) is 29.9 Å². The van der Waals surface area contributed by atoms with Crippen LogP contribution in [0.5, 0.6) is 0 Å². The number of ether oxygens (including phenoxy) is 2. The van der Waals surface area contributed by atoms with Gasteiger partial charge in [-0.2, -0.15) is 0 Å². The van der Waals surface area contributed by atoms with Crippen molar-refractivity contribution in [3.63, 3.8) is 0 Å². The van der Waals surface area contributed by atoms with E-state index in [0.717, 1.165) is 11.6 Å². The molecule has 0 saturated heterocycles. The van der Waals surface area contributed by atoms with Gasteiger partial charge in [0.05, 0.1) is 23.0 Å². The molecule has 3 amide bonds. The minimum absolute atomic E-state index is 0.00365. The number of carbonyl (C=O) groups is 4. The average molecular weight is 679 g/mol. The summed E-state index contributed by atoms with van der Waals surface area (Å²) in [6, 6.07) is 17.9. The molecule has 0 saturated carbocycles. The fraction of sp³-hybridized carbons (Fsp3) is 0.405. The molecule has 1 unspecified atom stereocenters. The van der Waals surface area contributed by atoms with Crippen molar-refractivity contribution in [1.82, 2.24) is 4.90 Å². The van der Waals surface area contributed by atoms with Crippen LogP contribution in [0.2, 0.25) is 0 Å². The Morgan fingerprint density at radius 1 is 0.837 bits per heavy atom. The summed E-state index contributed by atoms with van der Waals surface area (Å²) >= 11 is 0. The summed E-state index contributed by atoms with van der Waals surface area (Å²) in [6.45, 7) is 10.9. The van der Waals surface area contributed by atoms with E-state index in [1.807, 2.05) is 30.3 Å². The SMILES string of the molecule is CN(CCC(O)c1cc(F)cc(N(C)Cc2ccccc2)c1NC(=O)CC(=O)Nc1ccc(C(=O)OC(C)(C)C)cc1)C(=O)OC(C)(C)C. The number of amides is 3. The van der Waals surface area contributed by atoms with Gasteiger partial charge in [0.15, 0.2) is 0 Å². The number of nitrogens with zero attached hydrogens (tertiary/aromatic N) is 2. The Bertz CT molecular complexity index is 1620. The first-order valence-electron chi connectivity index (χ1n) is 15.9. The Balaban J connectivity index is 1.81. The Hall–Kier alpha value is -4.97. The lowest BCUT2D eigenvalue weighted by molar-refractivity contribution is -0.123. The number of hydrogen-bond donors (Lipinski definition) is 3. The summed E-state index contributed by atoms with van der Waals surface area (Å²) in [7, 11) is 3.25. The van der Waals surface area contributed by atoms with Crippen LogP contribution >= 0.6 is 0 Å².